The van der Waals surface area contributed by atoms with Crippen molar-refractivity contribution in [2.24, 2.45) is 0 Å². The Morgan fingerprint density at radius 3 is 2.70 bits per heavy atom. The van der Waals surface area contributed by atoms with Crippen LogP contribution >= 0.6 is 16.2 Å². The van der Waals surface area contributed by atoms with Crippen LogP contribution < -0.4 is 0 Å². The molecule has 0 aliphatic carbocycles. The molecular formula is C5H12O3P2. The second-order valence-corrected chi connectivity index (χ2v) is 4.42. The van der Waals surface area contributed by atoms with E-state index in [4.69, 9.17) is 9.05 Å². The molecule has 0 amide bonds. The lowest BCUT2D eigenvalue weighted by Gasteiger charge is -2.05. The Kier molecular flexibility index (Phi) is 7.90. The lowest BCUT2D eigenvalue weighted by Crippen LogP contribution is -1.86. The second kappa shape index (κ2) is 7.56. The van der Waals surface area contributed by atoms with Crippen molar-refractivity contribution in [1.82, 2.24) is 0 Å². The van der Waals surface area contributed by atoms with E-state index in [2.05, 4.69) is 6.92 Å². The summed E-state index contributed by atoms with van der Waals surface area (Å²) in [5.74, 6) is 0. The Hall–Kier alpha value is 0.450. The van der Waals surface area contributed by atoms with Crippen molar-refractivity contribution in [1.29, 1.82) is 0 Å². The summed E-state index contributed by atoms with van der Waals surface area (Å²) in [4.78, 5) is 0. The van der Waals surface area contributed by atoms with Crippen LogP contribution in [0.15, 0.2) is 0 Å². The van der Waals surface area contributed by atoms with Crippen molar-refractivity contribution >= 4 is 16.2 Å². The predicted molar refractivity (Wildman–Crippen MR) is 42.4 cm³/mol. The average Bonchev–Trinajstić information content (AvgIpc) is 1.99. The first-order chi connectivity index (χ1) is 4.85. The zero-order valence-electron chi connectivity index (χ0n) is 6.24. The molecule has 1 atom stereocenters. The largest absolute Gasteiger partial charge is 0.329 e. The van der Waals surface area contributed by atoms with Gasteiger partial charge in [-0.1, -0.05) is 13.3 Å². The molecule has 3 nitrogen and oxygen atoms in total. The summed E-state index contributed by atoms with van der Waals surface area (Å²) in [6, 6.07) is 0. The molecule has 0 bridgehead atoms. The molecule has 0 radical (unpaired) electrons. The van der Waals surface area contributed by atoms with Crippen molar-refractivity contribution in [2.75, 3.05) is 13.7 Å². The van der Waals surface area contributed by atoms with Crippen LogP contribution in [-0.4, -0.2) is 13.7 Å². The van der Waals surface area contributed by atoms with Gasteiger partial charge >= 0.3 is 0 Å². The Bertz CT molecular complexity index is 89.0. The summed E-state index contributed by atoms with van der Waals surface area (Å²) in [5, 5.41) is 0. The van der Waals surface area contributed by atoms with Gasteiger partial charge in [0.15, 0.2) is 0 Å². The van der Waals surface area contributed by atoms with Crippen LogP contribution in [0, 0.1) is 0 Å². The molecule has 1 unspecified atom stereocenters. The molecule has 0 aromatic carbocycles. The van der Waals surface area contributed by atoms with Crippen LogP contribution in [0.3, 0.4) is 0 Å². The summed E-state index contributed by atoms with van der Waals surface area (Å²) in [5.41, 5.74) is 0. The van der Waals surface area contributed by atoms with Crippen LogP contribution in [0.2, 0.25) is 0 Å². The van der Waals surface area contributed by atoms with E-state index in [1.54, 1.807) is 0 Å². The van der Waals surface area contributed by atoms with Gasteiger partial charge in [-0.25, -0.2) is 0 Å². The van der Waals surface area contributed by atoms with Gasteiger partial charge in [0.1, 0.15) is 0 Å². The van der Waals surface area contributed by atoms with Crippen molar-refractivity contribution in [3.63, 3.8) is 0 Å². The average molecular weight is 182 g/mol. The normalized spacial score (nSPS) is 13.8. The highest BCUT2D eigenvalue weighted by Crippen LogP contribution is 2.49. The van der Waals surface area contributed by atoms with Crippen LogP contribution in [0.25, 0.3) is 0 Å². The molecule has 0 aliphatic heterocycles. The molecule has 0 aliphatic rings. The van der Waals surface area contributed by atoms with Crippen molar-refractivity contribution in [3.8, 4) is 0 Å². The van der Waals surface area contributed by atoms with E-state index in [1.807, 2.05) is 0 Å². The molecule has 0 N–H and O–H groups in total. The van der Waals surface area contributed by atoms with E-state index >= 15 is 0 Å². The fraction of sp³-hybridized carbons (Fsp3) is 1.00. The third-order valence-electron chi connectivity index (χ3n) is 0.922. The van der Waals surface area contributed by atoms with Crippen molar-refractivity contribution in [2.45, 2.75) is 19.8 Å². The fourth-order valence-electron chi connectivity index (χ4n) is 0.397. The van der Waals surface area contributed by atoms with Crippen LogP contribution in [0.5, 0.6) is 0 Å². The van der Waals surface area contributed by atoms with Gasteiger partial charge in [-0.15, -0.1) is 0 Å². The molecule has 0 spiro atoms. The zero-order chi connectivity index (χ0) is 7.82. The molecule has 0 saturated carbocycles. The van der Waals surface area contributed by atoms with E-state index < -0.39 is 8.06 Å². The number of rotatable bonds is 6. The molecule has 0 aromatic rings. The molecule has 0 rings (SSSR count). The second-order valence-electron chi connectivity index (χ2n) is 1.69. The maximum Gasteiger partial charge on any atom is 0.272 e. The summed E-state index contributed by atoms with van der Waals surface area (Å²) >= 11 is 0. The lowest BCUT2D eigenvalue weighted by molar-refractivity contribution is 0.290. The minimum Gasteiger partial charge on any atom is -0.329 e. The monoisotopic (exact) mass is 182 g/mol. The van der Waals surface area contributed by atoms with Gasteiger partial charge < -0.3 is 9.05 Å². The molecule has 0 fully saturated rings. The summed E-state index contributed by atoms with van der Waals surface area (Å²) < 4.78 is 20.1. The zero-order valence-corrected chi connectivity index (χ0v) is 8.03. The van der Waals surface area contributed by atoms with Crippen LogP contribution in [0.1, 0.15) is 19.8 Å². The topological polar surface area (TPSA) is 35.5 Å². The standard InChI is InChI=1S/C5H12O3P2/c1-3-4-5-8-10(7-2)9-6/h3-5H2,1-2H3. The van der Waals surface area contributed by atoms with Gasteiger partial charge in [-0.3, -0.25) is 4.57 Å². The third-order valence-corrected chi connectivity index (χ3v) is 3.01. The van der Waals surface area contributed by atoms with Crippen LogP contribution in [-0.2, 0) is 13.6 Å². The minimum atomic E-state index is -1.15. The van der Waals surface area contributed by atoms with Crippen LogP contribution in [0.4, 0.5) is 0 Å². The first-order valence-corrected chi connectivity index (χ1v) is 5.85. The van der Waals surface area contributed by atoms with E-state index in [-0.39, 0.29) is 8.15 Å². The molecule has 0 heterocycles. The SMILES string of the molecule is CCCCOP(OC)P=O. The van der Waals surface area contributed by atoms with Crippen molar-refractivity contribution in [3.05, 3.63) is 0 Å². The molecule has 0 saturated heterocycles. The van der Waals surface area contributed by atoms with E-state index in [9.17, 15) is 4.57 Å². The predicted octanol–water partition coefficient (Wildman–Crippen LogP) is 2.97. The highest BCUT2D eigenvalue weighted by Gasteiger charge is 2.06. The summed E-state index contributed by atoms with van der Waals surface area (Å²) in [7, 11) is 0.312. The highest BCUT2D eigenvalue weighted by atomic mass is 32.1. The smallest absolute Gasteiger partial charge is 0.272 e. The molecular weight excluding hydrogens is 170 g/mol. The lowest BCUT2D eigenvalue weighted by atomic mass is 10.4. The van der Waals surface area contributed by atoms with Gasteiger partial charge in [0.05, 0.1) is 6.61 Å². The van der Waals surface area contributed by atoms with Gasteiger partial charge in [-0.05, 0) is 6.42 Å². The Morgan fingerprint density at radius 1 is 1.60 bits per heavy atom. The minimum absolute atomic E-state index is 0.0394. The van der Waals surface area contributed by atoms with E-state index in [0.29, 0.717) is 6.61 Å². The Balaban J connectivity index is 3.17. The summed E-state index contributed by atoms with van der Waals surface area (Å²) in [6.07, 6.45) is 2.08. The maximum absolute atomic E-state index is 10.2. The highest BCUT2D eigenvalue weighted by molar-refractivity contribution is 8.11. The van der Waals surface area contributed by atoms with Gasteiger partial charge in [0.25, 0.3) is 8.06 Å². The van der Waals surface area contributed by atoms with Crippen molar-refractivity contribution < 1.29 is 13.6 Å². The quantitative estimate of drug-likeness (QED) is 0.467. The third kappa shape index (κ3) is 5.25. The summed E-state index contributed by atoms with van der Waals surface area (Å²) in [6.45, 7) is 2.72. The first-order valence-electron chi connectivity index (χ1n) is 3.15. The number of hydrogen-bond donors (Lipinski definition) is 0. The molecule has 0 aromatic heterocycles. The number of hydrogen-bond acceptors (Lipinski definition) is 3. The number of unbranched alkanes of at least 4 members (excludes halogenated alkanes) is 1. The first kappa shape index (κ1) is 10.4. The van der Waals surface area contributed by atoms with Gasteiger partial charge in [-0.2, -0.15) is 0 Å². The molecule has 60 valence electrons. The molecule has 5 heteroatoms. The molecule has 10 heavy (non-hydrogen) atoms. The van der Waals surface area contributed by atoms with Gasteiger partial charge in [0.2, 0.25) is 8.15 Å². The van der Waals surface area contributed by atoms with Gasteiger partial charge in [0, 0.05) is 7.11 Å². The maximum atomic E-state index is 10.2. The Morgan fingerprint density at radius 2 is 2.30 bits per heavy atom. The van der Waals surface area contributed by atoms with E-state index in [1.165, 1.54) is 7.11 Å². The fourth-order valence-corrected chi connectivity index (χ4v) is 1.49. The Labute approximate surface area is 64.1 Å². The van der Waals surface area contributed by atoms with E-state index in [0.717, 1.165) is 12.8 Å².